The predicted molar refractivity (Wildman–Crippen MR) is 92.5 cm³/mol. The number of sulfonamides is 1. The summed E-state index contributed by atoms with van der Waals surface area (Å²) in [6, 6.07) is 12.1. The molecule has 128 valence electrons. The van der Waals surface area contributed by atoms with E-state index in [9.17, 15) is 13.2 Å². The van der Waals surface area contributed by atoms with Gasteiger partial charge in [-0.15, -0.1) is 0 Å². The number of carbonyl (C=O) groups excluding carboxylic acids is 1. The molecule has 2 aromatic rings. The van der Waals surface area contributed by atoms with Gasteiger partial charge in [-0.1, -0.05) is 13.8 Å². The van der Waals surface area contributed by atoms with Gasteiger partial charge in [0.05, 0.1) is 11.5 Å². The third-order valence-electron chi connectivity index (χ3n) is 3.14. The number of ether oxygens (including phenoxy) is 1. The van der Waals surface area contributed by atoms with Crippen LogP contribution < -0.4 is 15.2 Å². The molecule has 0 aliphatic rings. The lowest BCUT2D eigenvalue weighted by molar-refractivity contribution is 0.100. The summed E-state index contributed by atoms with van der Waals surface area (Å²) >= 11 is 0. The number of hydrogen-bond acceptors (Lipinski definition) is 4. The molecule has 0 saturated heterocycles. The van der Waals surface area contributed by atoms with Crippen molar-refractivity contribution in [1.82, 2.24) is 0 Å². The molecule has 0 aliphatic carbocycles. The maximum Gasteiger partial charge on any atom is 0.261 e. The van der Waals surface area contributed by atoms with Crippen LogP contribution in [0.15, 0.2) is 53.4 Å². The molecule has 0 aromatic heterocycles. The van der Waals surface area contributed by atoms with Crippen LogP contribution in [0.1, 0.15) is 24.2 Å². The predicted octanol–water partition coefficient (Wildman–Crippen LogP) is 2.62. The van der Waals surface area contributed by atoms with Crippen LogP contribution in [0.25, 0.3) is 0 Å². The molecule has 0 spiro atoms. The Hall–Kier alpha value is -2.54. The van der Waals surface area contributed by atoms with Crippen LogP contribution in [0.3, 0.4) is 0 Å². The first-order chi connectivity index (χ1) is 11.3. The summed E-state index contributed by atoms with van der Waals surface area (Å²) in [6.07, 6.45) is 0. The standard InChI is InChI=1S/C17H20N2O4S/c1-12(2)11-23-15-7-9-16(10-8-15)24(21,22)19-14-5-3-13(4-6-14)17(18)20/h3-10,12,19H,11H2,1-2H3,(H2,18,20). The second-order valence-electron chi connectivity index (χ2n) is 5.72. The average Bonchev–Trinajstić information content (AvgIpc) is 2.53. The van der Waals surface area contributed by atoms with E-state index in [2.05, 4.69) is 4.72 Å². The molecule has 2 rings (SSSR count). The van der Waals surface area contributed by atoms with E-state index in [-0.39, 0.29) is 4.90 Å². The zero-order valence-electron chi connectivity index (χ0n) is 13.5. The third-order valence-corrected chi connectivity index (χ3v) is 4.54. The van der Waals surface area contributed by atoms with E-state index in [1.54, 1.807) is 12.1 Å². The number of benzene rings is 2. The van der Waals surface area contributed by atoms with Gasteiger partial charge < -0.3 is 10.5 Å². The van der Waals surface area contributed by atoms with Crippen LogP contribution >= 0.6 is 0 Å². The van der Waals surface area contributed by atoms with Crippen molar-refractivity contribution >= 4 is 21.6 Å². The van der Waals surface area contributed by atoms with Crippen molar-refractivity contribution in [2.75, 3.05) is 11.3 Å². The first-order valence-electron chi connectivity index (χ1n) is 7.43. The number of anilines is 1. The first-order valence-corrected chi connectivity index (χ1v) is 8.92. The minimum absolute atomic E-state index is 0.123. The lowest BCUT2D eigenvalue weighted by Gasteiger charge is -2.11. The highest BCUT2D eigenvalue weighted by Gasteiger charge is 2.14. The number of primary amides is 1. The molecule has 0 atom stereocenters. The fourth-order valence-corrected chi connectivity index (χ4v) is 2.95. The molecule has 0 heterocycles. The van der Waals surface area contributed by atoms with E-state index in [1.807, 2.05) is 13.8 Å². The number of hydrogen-bond donors (Lipinski definition) is 2. The van der Waals surface area contributed by atoms with Crippen molar-refractivity contribution in [3.8, 4) is 5.75 Å². The molecular weight excluding hydrogens is 328 g/mol. The summed E-state index contributed by atoms with van der Waals surface area (Å²) in [6.45, 7) is 4.63. The highest BCUT2D eigenvalue weighted by Crippen LogP contribution is 2.20. The normalized spacial score (nSPS) is 11.3. The maximum absolute atomic E-state index is 12.4. The summed E-state index contributed by atoms with van der Waals surface area (Å²) in [5.74, 6) is 0.438. The average molecular weight is 348 g/mol. The highest BCUT2D eigenvalue weighted by molar-refractivity contribution is 7.92. The van der Waals surface area contributed by atoms with Gasteiger partial charge in [-0.05, 0) is 54.4 Å². The molecule has 24 heavy (non-hydrogen) atoms. The maximum atomic E-state index is 12.4. The summed E-state index contributed by atoms with van der Waals surface area (Å²) < 4.78 is 32.7. The summed E-state index contributed by atoms with van der Waals surface area (Å²) in [4.78, 5) is 11.1. The Labute approximate surface area is 141 Å². The lowest BCUT2D eigenvalue weighted by Crippen LogP contribution is -2.14. The van der Waals surface area contributed by atoms with Crippen LogP contribution in [0.5, 0.6) is 5.75 Å². The summed E-state index contributed by atoms with van der Waals surface area (Å²) in [5.41, 5.74) is 5.81. The van der Waals surface area contributed by atoms with Gasteiger partial charge in [0.1, 0.15) is 5.75 Å². The van der Waals surface area contributed by atoms with Gasteiger partial charge in [0.2, 0.25) is 5.91 Å². The van der Waals surface area contributed by atoms with Gasteiger partial charge in [-0.2, -0.15) is 0 Å². The Balaban J connectivity index is 2.10. The molecule has 3 N–H and O–H groups in total. The van der Waals surface area contributed by atoms with Crippen LogP contribution in [-0.2, 0) is 10.0 Å². The Kier molecular flexibility index (Phi) is 5.46. The number of carbonyl (C=O) groups is 1. The zero-order valence-corrected chi connectivity index (χ0v) is 14.3. The first kappa shape index (κ1) is 17.8. The monoisotopic (exact) mass is 348 g/mol. The van der Waals surface area contributed by atoms with E-state index in [1.165, 1.54) is 36.4 Å². The van der Waals surface area contributed by atoms with Crippen LogP contribution in [-0.4, -0.2) is 20.9 Å². The molecule has 0 aliphatic heterocycles. The van der Waals surface area contributed by atoms with Crippen molar-refractivity contribution in [2.45, 2.75) is 18.7 Å². The SMILES string of the molecule is CC(C)COc1ccc(S(=O)(=O)Nc2ccc(C(N)=O)cc2)cc1. The van der Waals surface area contributed by atoms with Crippen molar-refractivity contribution in [3.63, 3.8) is 0 Å². The molecule has 2 aromatic carbocycles. The Bertz CT molecular complexity index is 797. The molecule has 1 amide bonds. The van der Waals surface area contributed by atoms with Crippen molar-refractivity contribution in [1.29, 1.82) is 0 Å². The minimum Gasteiger partial charge on any atom is -0.493 e. The van der Waals surface area contributed by atoms with E-state index in [0.717, 1.165) is 0 Å². The molecule has 0 bridgehead atoms. The molecule has 0 radical (unpaired) electrons. The van der Waals surface area contributed by atoms with Gasteiger partial charge in [0, 0.05) is 11.3 Å². The Morgan fingerprint density at radius 2 is 1.67 bits per heavy atom. The van der Waals surface area contributed by atoms with Crippen LogP contribution in [0.2, 0.25) is 0 Å². The second-order valence-corrected chi connectivity index (χ2v) is 7.41. The molecule has 0 saturated carbocycles. The quantitative estimate of drug-likeness (QED) is 0.803. The second kappa shape index (κ2) is 7.35. The van der Waals surface area contributed by atoms with Gasteiger partial charge in [0.25, 0.3) is 10.0 Å². The van der Waals surface area contributed by atoms with E-state index in [0.29, 0.717) is 29.5 Å². The van der Waals surface area contributed by atoms with Crippen LogP contribution in [0.4, 0.5) is 5.69 Å². The number of nitrogens with one attached hydrogen (secondary N) is 1. The minimum atomic E-state index is -3.72. The Morgan fingerprint density at radius 3 is 2.17 bits per heavy atom. The van der Waals surface area contributed by atoms with E-state index in [4.69, 9.17) is 10.5 Å². The number of amides is 1. The zero-order chi connectivity index (χ0) is 17.7. The van der Waals surface area contributed by atoms with E-state index < -0.39 is 15.9 Å². The fraction of sp³-hybridized carbons (Fsp3) is 0.235. The number of nitrogens with two attached hydrogens (primary N) is 1. The molecule has 7 heteroatoms. The third kappa shape index (κ3) is 4.73. The Morgan fingerprint density at radius 1 is 1.08 bits per heavy atom. The smallest absolute Gasteiger partial charge is 0.261 e. The van der Waals surface area contributed by atoms with Crippen molar-refractivity contribution in [2.24, 2.45) is 11.7 Å². The topological polar surface area (TPSA) is 98.5 Å². The highest BCUT2D eigenvalue weighted by atomic mass is 32.2. The van der Waals surface area contributed by atoms with Crippen LogP contribution in [0, 0.1) is 5.92 Å². The van der Waals surface area contributed by atoms with Crippen molar-refractivity contribution < 1.29 is 17.9 Å². The summed E-state index contributed by atoms with van der Waals surface area (Å²) in [7, 11) is -3.72. The lowest BCUT2D eigenvalue weighted by atomic mass is 10.2. The fourth-order valence-electron chi connectivity index (χ4n) is 1.89. The van der Waals surface area contributed by atoms with Gasteiger partial charge in [-0.3, -0.25) is 9.52 Å². The van der Waals surface area contributed by atoms with Crippen molar-refractivity contribution in [3.05, 3.63) is 54.1 Å². The van der Waals surface area contributed by atoms with E-state index >= 15 is 0 Å². The largest absolute Gasteiger partial charge is 0.493 e. The van der Waals surface area contributed by atoms with Gasteiger partial charge in [0.15, 0.2) is 0 Å². The number of rotatable bonds is 7. The summed E-state index contributed by atoms with van der Waals surface area (Å²) in [5, 5.41) is 0. The van der Waals surface area contributed by atoms with Gasteiger partial charge in [-0.25, -0.2) is 8.42 Å². The molecule has 6 nitrogen and oxygen atoms in total. The molecule has 0 unspecified atom stereocenters. The molecular formula is C17H20N2O4S. The molecule has 0 fully saturated rings. The van der Waals surface area contributed by atoms with Gasteiger partial charge >= 0.3 is 0 Å².